The number of H-pyrrole nitrogens is 2. The van der Waals surface area contributed by atoms with Gasteiger partial charge in [-0.15, -0.1) is 0 Å². The van der Waals surface area contributed by atoms with E-state index in [1.807, 2.05) is 0 Å². The SMILES string of the molecule is O=C(NC1CCN(CC2CCCCC2)CC1)c1ccc2[nH]c(=O)[nH]c2c1. The van der Waals surface area contributed by atoms with Crippen LogP contribution in [0.5, 0.6) is 0 Å². The van der Waals surface area contributed by atoms with Crippen molar-refractivity contribution in [3.63, 3.8) is 0 Å². The minimum absolute atomic E-state index is 0.0559. The highest BCUT2D eigenvalue weighted by Crippen LogP contribution is 2.25. The van der Waals surface area contributed by atoms with E-state index in [0.717, 1.165) is 37.4 Å². The fraction of sp³-hybridized carbons (Fsp3) is 0.600. The Balaban J connectivity index is 1.29. The molecule has 1 amide bonds. The summed E-state index contributed by atoms with van der Waals surface area (Å²) < 4.78 is 0. The van der Waals surface area contributed by atoms with Gasteiger partial charge in [-0.25, -0.2) is 4.79 Å². The van der Waals surface area contributed by atoms with Crippen molar-refractivity contribution >= 4 is 16.9 Å². The van der Waals surface area contributed by atoms with E-state index in [4.69, 9.17) is 0 Å². The lowest BCUT2D eigenvalue weighted by Crippen LogP contribution is -2.45. The monoisotopic (exact) mass is 356 g/mol. The lowest BCUT2D eigenvalue weighted by molar-refractivity contribution is 0.0901. The van der Waals surface area contributed by atoms with Crippen LogP contribution in [-0.4, -0.2) is 46.5 Å². The van der Waals surface area contributed by atoms with Gasteiger partial charge in [0.05, 0.1) is 11.0 Å². The molecule has 1 aromatic heterocycles. The van der Waals surface area contributed by atoms with Crippen molar-refractivity contribution in [2.45, 2.75) is 51.0 Å². The predicted octanol–water partition coefficient (Wildman–Crippen LogP) is 2.63. The summed E-state index contributed by atoms with van der Waals surface area (Å²) in [4.78, 5) is 31.9. The second kappa shape index (κ2) is 7.66. The number of imidazole rings is 1. The highest BCUT2D eigenvalue weighted by Gasteiger charge is 2.24. The number of aromatic amines is 2. The minimum Gasteiger partial charge on any atom is -0.349 e. The Labute approximate surface area is 153 Å². The summed E-state index contributed by atoms with van der Waals surface area (Å²) in [6, 6.07) is 5.51. The van der Waals surface area contributed by atoms with E-state index < -0.39 is 0 Å². The van der Waals surface area contributed by atoms with Crippen molar-refractivity contribution in [2.24, 2.45) is 5.92 Å². The van der Waals surface area contributed by atoms with E-state index in [1.165, 1.54) is 38.6 Å². The molecule has 2 heterocycles. The summed E-state index contributed by atoms with van der Waals surface area (Å²) >= 11 is 0. The van der Waals surface area contributed by atoms with Crippen LogP contribution in [0.1, 0.15) is 55.3 Å². The molecule has 2 aliphatic rings. The zero-order chi connectivity index (χ0) is 17.9. The molecule has 0 bridgehead atoms. The number of rotatable bonds is 4. The Morgan fingerprint density at radius 3 is 2.54 bits per heavy atom. The Morgan fingerprint density at radius 1 is 1.04 bits per heavy atom. The number of hydrogen-bond donors (Lipinski definition) is 3. The van der Waals surface area contributed by atoms with Crippen molar-refractivity contribution in [3.8, 4) is 0 Å². The number of amides is 1. The van der Waals surface area contributed by atoms with E-state index in [1.54, 1.807) is 18.2 Å². The molecule has 1 saturated heterocycles. The number of carbonyl (C=O) groups is 1. The molecule has 6 heteroatoms. The summed E-state index contributed by atoms with van der Waals surface area (Å²) in [6.07, 6.45) is 9.01. The van der Waals surface area contributed by atoms with E-state index in [-0.39, 0.29) is 17.6 Å². The third-order valence-electron chi connectivity index (χ3n) is 5.94. The first-order valence-electron chi connectivity index (χ1n) is 9.92. The average Bonchev–Trinajstić information content (AvgIpc) is 3.03. The molecule has 1 aliphatic heterocycles. The van der Waals surface area contributed by atoms with Gasteiger partial charge in [-0.3, -0.25) is 4.79 Å². The highest BCUT2D eigenvalue weighted by molar-refractivity contribution is 5.97. The molecule has 2 fully saturated rings. The third-order valence-corrected chi connectivity index (χ3v) is 5.94. The zero-order valence-corrected chi connectivity index (χ0v) is 15.2. The summed E-state index contributed by atoms with van der Waals surface area (Å²) in [6.45, 7) is 3.38. The van der Waals surface area contributed by atoms with E-state index in [2.05, 4.69) is 20.2 Å². The molecule has 4 rings (SSSR count). The van der Waals surface area contributed by atoms with Gasteiger partial charge in [0.15, 0.2) is 0 Å². The van der Waals surface area contributed by atoms with Crippen LogP contribution in [-0.2, 0) is 0 Å². The fourth-order valence-corrected chi connectivity index (χ4v) is 4.44. The Hall–Kier alpha value is -2.08. The molecule has 0 radical (unpaired) electrons. The molecule has 140 valence electrons. The van der Waals surface area contributed by atoms with Gasteiger partial charge >= 0.3 is 5.69 Å². The fourth-order valence-electron chi connectivity index (χ4n) is 4.44. The average molecular weight is 356 g/mol. The maximum atomic E-state index is 12.5. The first kappa shape index (κ1) is 17.3. The van der Waals surface area contributed by atoms with Crippen molar-refractivity contribution in [1.29, 1.82) is 0 Å². The summed E-state index contributed by atoms with van der Waals surface area (Å²) in [5.41, 5.74) is 1.74. The number of likely N-dealkylation sites (tertiary alicyclic amines) is 1. The summed E-state index contributed by atoms with van der Waals surface area (Å²) in [7, 11) is 0. The number of carbonyl (C=O) groups excluding carboxylic acids is 1. The molecule has 0 atom stereocenters. The van der Waals surface area contributed by atoms with Crippen molar-refractivity contribution in [1.82, 2.24) is 20.2 Å². The normalized spacial score (nSPS) is 20.5. The van der Waals surface area contributed by atoms with Gasteiger partial charge in [0.25, 0.3) is 5.91 Å². The summed E-state index contributed by atoms with van der Waals surface area (Å²) in [5, 5.41) is 3.16. The van der Waals surface area contributed by atoms with Crippen molar-refractivity contribution in [3.05, 3.63) is 34.2 Å². The largest absolute Gasteiger partial charge is 0.349 e. The van der Waals surface area contributed by atoms with Crippen LogP contribution in [0.25, 0.3) is 11.0 Å². The Kier molecular flexibility index (Phi) is 5.11. The first-order valence-corrected chi connectivity index (χ1v) is 9.92. The van der Waals surface area contributed by atoms with Crippen LogP contribution >= 0.6 is 0 Å². The van der Waals surface area contributed by atoms with Crippen LogP contribution in [0.4, 0.5) is 0 Å². The first-order chi connectivity index (χ1) is 12.7. The Morgan fingerprint density at radius 2 is 1.77 bits per heavy atom. The van der Waals surface area contributed by atoms with Gasteiger partial charge in [0.2, 0.25) is 0 Å². The van der Waals surface area contributed by atoms with Crippen LogP contribution in [0, 0.1) is 5.92 Å². The molecular weight excluding hydrogens is 328 g/mol. The smallest absolute Gasteiger partial charge is 0.323 e. The minimum atomic E-state index is -0.247. The van der Waals surface area contributed by atoms with E-state index >= 15 is 0 Å². The number of benzene rings is 1. The Bertz CT molecular complexity index is 811. The van der Waals surface area contributed by atoms with E-state index in [0.29, 0.717) is 11.1 Å². The van der Waals surface area contributed by atoms with E-state index in [9.17, 15) is 9.59 Å². The quantitative estimate of drug-likeness (QED) is 0.788. The second-order valence-corrected chi connectivity index (χ2v) is 7.89. The topological polar surface area (TPSA) is 81.0 Å². The molecule has 1 saturated carbocycles. The molecule has 1 aromatic carbocycles. The molecule has 3 N–H and O–H groups in total. The standard InChI is InChI=1S/C20H28N4O2/c25-19(15-6-7-17-18(12-15)23-20(26)22-17)21-16-8-10-24(11-9-16)13-14-4-2-1-3-5-14/h6-7,12,14,16H,1-5,8-11,13H2,(H,21,25)(H2,22,23,26). The maximum absolute atomic E-state index is 12.5. The van der Waals surface area contributed by atoms with Gasteiger partial charge in [0, 0.05) is 31.2 Å². The zero-order valence-electron chi connectivity index (χ0n) is 15.2. The van der Waals surface area contributed by atoms with Crippen molar-refractivity contribution < 1.29 is 4.79 Å². The van der Waals surface area contributed by atoms with Gasteiger partial charge in [-0.05, 0) is 49.8 Å². The third kappa shape index (κ3) is 4.01. The van der Waals surface area contributed by atoms with Gasteiger partial charge in [0.1, 0.15) is 0 Å². The molecule has 1 aliphatic carbocycles. The number of fused-ring (bicyclic) bond motifs is 1. The molecule has 2 aromatic rings. The molecule has 26 heavy (non-hydrogen) atoms. The number of aromatic nitrogens is 2. The lowest BCUT2D eigenvalue weighted by Gasteiger charge is -2.35. The highest BCUT2D eigenvalue weighted by atomic mass is 16.2. The van der Waals surface area contributed by atoms with Gasteiger partial charge < -0.3 is 20.2 Å². The second-order valence-electron chi connectivity index (χ2n) is 7.89. The predicted molar refractivity (Wildman–Crippen MR) is 102 cm³/mol. The molecule has 0 unspecified atom stereocenters. The van der Waals surface area contributed by atoms with Crippen LogP contribution in [0.3, 0.4) is 0 Å². The number of nitrogens with one attached hydrogen (secondary N) is 3. The number of hydrogen-bond acceptors (Lipinski definition) is 3. The molecular formula is C20H28N4O2. The van der Waals surface area contributed by atoms with Crippen LogP contribution in [0.2, 0.25) is 0 Å². The van der Waals surface area contributed by atoms with Crippen molar-refractivity contribution in [2.75, 3.05) is 19.6 Å². The molecule has 6 nitrogen and oxygen atoms in total. The lowest BCUT2D eigenvalue weighted by atomic mass is 9.88. The van der Waals surface area contributed by atoms with Gasteiger partial charge in [-0.1, -0.05) is 19.3 Å². The van der Waals surface area contributed by atoms with Crippen LogP contribution < -0.4 is 11.0 Å². The molecule has 0 spiro atoms. The maximum Gasteiger partial charge on any atom is 0.323 e. The number of piperidine rings is 1. The summed E-state index contributed by atoms with van der Waals surface area (Å²) in [5.74, 6) is 0.824. The van der Waals surface area contributed by atoms with Gasteiger partial charge in [-0.2, -0.15) is 0 Å². The number of nitrogens with zero attached hydrogens (tertiary/aromatic N) is 1. The van der Waals surface area contributed by atoms with Crippen LogP contribution in [0.15, 0.2) is 23.0 Å².